The van der Waals surface area contributed by atoms with Crippen molar-refractivity contribution in [1.29, 1.82) is 0 Å². The van der Waals surface area contributed by atoms with Crippen LogP contribution in [-0.4, -0.2) is 29.8 Å². The van der Waals surface area contributed by atoms with Gasteiger partial charge in [-0.3, -0.25) is 0 Å². The quantitative estimate of drug-likeness (QED) is 0.774. The molecule has 1 heterocycles. The van der Waals surface area contributed by atoms with Crippen molar-refractivity contribution in [2.45, 2.75) is 37.5 Å². The first kappa shape index (κ1) is 10.6. The van der Waals surface area contributed by atoms with E-state index in [9.17, 15) is 13.2 Å². The highest BCUT2D eigenvalue weighted by molar-refractivity contribution is 7.99. The van der Waals surface area contributed by atoms with Crippen LogP contribution >= 0.6 is 11.8 Å². The molecule has 2 rings (SSSR count). The fraction of sp³-hybridized carbons (Fsp3) is 1.00. The van der Waals surface area contributed by atoms with Crippen LogP contribution in [0.5, 0.6) is 0 Å². The molecular weight excluding hydrogens is 211 g/mol. The smallest absolute Gasteiger partial charge is 0.310 e. The van der Waals surface area contributed by atoms with E-state index < -0.39 is 12.1 Å². The third-order valence-corrected chi connectivity index (χ3v) is 4.24. The Labute approximate surface area is 85.8 Å². The zero-order valence-corrected chi connectivity index (χ0v) is 8.63. The Morgan fingerprint density at radius 1 is 1.14 bits per heavy atom. The van der Waals surface area contributed by atoms with Crippen LogP contribution in [-0.2, 0) is 0 Å². The zero-order chi connectivity index (χ0) is 10.2. The fourth-order valence-corrected chi connectivity index (χ4v) is 3.23. The van der Waals surface area contributed by atoms with Gasteiger partial charge in [0.2, 0.25) is 0 Å². The number of nitrogens with one attached hydrogen (secondary N) is 1. The van der Waals surface area contributed by atoms with Crippen LogP contribution in [0.15, 0.2) is 0 Å². The molecule has 0 amide bonds. The summed E-state index contributed by atoms with van der Waals surface area (Å²) in [5, 5.41) is 3.13. The summed E-state index contributed by atoms with van der Waals surface area (Å²) in [6.45, 7) is 0. The lowest BCUT2D eigenvalue weighted by molar-refractivity contribution is -0.203. The van der Waals surface area contributed by atoms with E-state index in [2.05, 4.69) is 5.32 Å². The first-order valence-electron chi connectivity index (χ1n) is 4.98. The topological polar surface area (TPSA) is 12.0 Å². The Kier molecular flexibility index (Phi) is 2.98. The Morgan fingerprint density at radius 3 is 2.36 bits per heavy atom. The SMILES string of the molecule is FC(F)(F)C1CCC1NC1CCSC1. The highest BCUT2D eigenvalue weighted by atomic mass is 32.2. The predicted molar refractivity (Wildman–Crippen MR) is 51.4 cm³/mol. The maximum Gasteiger partial charge on any atom is 0.393 e. The minimum atomic E-state index is -4.00. The molecule has 0 aromatic carbocycles. The van der Waals surface area contributed by atoms with Gasteiger partial charge >= 0.3 is 6.18 Å². The van der Waals surface area contributed by atoms with E-state index in [1.54, 1.807) is 0 Å². The van der Waals surface area contributed by atoms with Crippen molar-refractivity contribution in [2.75, 3.05) is 11.5 Å². The third kappa shape index (κ3) is 2.19. The number of thioether (sulfide) groups is 1. The van der Waals surface area contributed by atoms with E-state index in [0.717, 1.165) is 17.9 Å². The van der Waals surface area contributed by atoms with Gasteiger partial charge in [-0.1, -0.05) is 0 Å². The van der Waals surface area contributed by atoms with E-state index in [0.29, 0.717) is 18.9 Å². The second-order valence-electron chi connectivity index (χ2n) is 4.06. The largest absolute Gasteiger partial charge is 0.393 e. The fourth-order valence-electron chi connectivity index (χ4n) is 2.06. The maximum absolute atomic E-state index is 12.4. The van der Waals surface area contributed by atoms with Gasteiger partial charge in [-0.15, -0.1) is 0 Å². The lowest BCUT2D eigenvalue weighted by atomic mass is 9.78. The van der Waals surface area contributed by atoms with E-state index in [-0.39, 0.29) is 6.04 Å². The lowest BCUT2D eigenvalue weighted by Gasteiger charge is -2.39. The van der Waals surface area contributed by atoms with Crippen LogP contribution in [0.4, 0.5) is 13.2 Å². The first-order valence-corrected chi connectivity index (χ1v) is 6.13. The minimum absolute atomic E-state index is 0.307. The molecule has 0 bridgehead atoms. The molecule has 1 saturated carbocycles. The van der Waals surface area contributed by atoms with E-state index in [1.807, 2.05) is 11.8 Å². The van der Waals surface area contributed by atoms with Gasteiger partial charge in [-0.2, -0.15) is 24.9 Å². The highest BCUT2D eigenvalue weighted by Crippen LogP contribution is 2.41. The molecule has 0 radical (unpaired) electrons. The van der Waals surface area contributed by atoms with Crippen molar-refractivity contribution in [1.82, 2.24) is 5.32 Å². The number of hydrogen-bond acceptors (Lipinski definition) is 2. The summed E-state index contributed by atoms with van der Waals surface area (Å²) in [5.74, 6) is 0.968. The second kappa shape index (κ2) is 3.93. The molecule has 14 heavy (non-hydrogen) atoms. The molecular formula is C9H14F3NS. The summed E-state index contributed by atoms with van der Waals surface area (Å²) >= 11 is 1.82. The van der Waals surface area contributed by atoms with Gasteiger partial charge < -0.3 is 5.32 Å². The molecule has 82 valence electrons. The van der Waals surface area contributed by atoms with E-state index in [4.69, 9.17) is 0 Å². The summed E-state index contributed by atoms with van der Waals surface area (Å²) in [6.07, 6.45) is -1.99. The van der Waals surface area contributed by atoms with E-state index >= 15 is 0 Å². The van der Waals surface area contributed by atoms with Crippen LogP contribution in [0, 0.1) is 5.92 Å². The molecule has 2 fully saturated rings. The summed E-state index contributed by atoms with van der Waals surface area (Å²) in [4.78, 5) is 0. The first-order chi connectivity index (χ1) is 6.57. The van der Waals surface area contributed by atoms with Crippen molar-refractivity contribution >= 4 is 11.8 Å². The molecule has 1 N–H and O–H groups in total. The second-order valence-corrected chi connectivity index (χ2v) is 5.21. The van der Waals surface area contributed by atoms with Crippen molar-refractivity contribution in [2.24, 2.45) is 5.92 Å². The van der Waals surface area contributed by atoms with Crippen LogP contribution in [0.1, 0.15) is 19.3 Å². The average Bonchev–Trinajstić information content (AvgIpc) is 2.46. The predicted octanol–water partition coefficient (Wildman–Crippen LogP) is 2.42. The van der Waals surface area contributed by atoms with Crippen molar-refractivity contribution in [3.05, 3.63) is 0 Å². The van der Waals surface area contributed by atoms with Crippen LogP contribution in [0.2, 0.25) is 0 Å². The number of rotatable bonds is 2. The van der Waals surface area contributed by atoms with Crippen LogP contribution < -0.4 is 5.32 Å². The zero-order valence-electron chi connectivity index (χ0n) is 7.81. The number of hydrogen-bond donors (Lipinski definition) is 1. The molecule has 1 aliphatic carbocycles. The van der Waals surface area contributed by atoms with Gasteiger partial charge in [0.1, 0.15) is 0 Å². The molecule has 0 spiro atoms. The van der Waals surface area contributed by atoms with Crippen LogP contribution in [0.25, 0.3) is 0 Å². The Bertz CT molecular complexity index is 201. The Hall–Kier alpha value is 0.100. The van der Waals surface area contributed by atoms with Gasteiger partial charge in [0, 0.05) is 17.8 Å². The van der Waals surface area contributed by atoms with Crippen LogP contribution in [0.3, 0.4) is 0 Å². The highest BCUT2D eigenvalue weighted by Gasteiger charge is 2.50. The number of alkyl halides is 3. The third-order valence-electron chi connectivity index (χ3n) is 3.07. The standard InChI is InChI=1S/C9H14F3NS/c10-9(11,12)7-1-2-8(7)13-6-3-4-14-5-6/h6-8,13H,1-5H2. The Morgan fingerprint density at radius 2 is 1.93 bits per heavy atom. The van der Waals surface area contributed by atoms with Gasteiger partial charge in [0.05, 0.1) is 5.92 Å². The van der Waals surface area contributed by atoms with Crippen molar-refractivity contribution < 1.29 is 13.2 Å². The summed E-state index contributed by atoms with van der Waals surface area (Å²) in [5.41, 5.74) is 0. The van der Waals surface area contributed by atoms with Crippen molar-refractivity contribution in [3.63, 3.8) is 0 Å². The summed E-state index contributed by atoms with van der Waals surface area (Å²) in [7, 11) is 0. The Balaban J connectivity index is 1.81. The summed E-state index contributed by atoms with van der Waals surface area (Å²) in [6, 6.07) is 0.00819. The van der Waals surface area contributed by atoms with Gasteiger partial charge in [-0.05, 0) is 25.0 Å². The number of halogens is 3. The molecule has 2 aliphatic rings. The molecule has 1 saturated heterocycles. The average molecular weight is 225 g/mol. The van der Waals surface area contributed by atoms with Gasteiger partial charge in [-0.25, -0.2) is 0 Å². The molecule has 3 atom stereocenters. The molecule has 5 heteroatoms. The molecule has 3 unspecified atom stereocenters. The molecule has 0 aromatic rings. The normalized spacial score (nSPS) is 38.4. The molecule has 0 aromatic heterocycles. The van der Waals surface area contributed by atoms with Crippen molar-refractivity contribution in [3.8, 4) is 0 Å². The summed E-state index contributed by atoms with van der Waals surface area (Å²) < 4.78 is 37.1. The molecule has 1 nitrogen and oxygen atoms in total. The lowest BCUT2D eigenvalue weighted by Crippen LogP contribution is -2.53. The van der Waals surface area contributed by atoms with Gasteiger partial charge in [0.25, 0.3) is 0 Å². The minimum Gasteiger partial charge on any atom is -0.310 e. The van der Waals surface area contributed by atoms with E-state index in [1.165, 1.54) is 0 Å². The molecule has 1 aliphatic heterocycles. The maximum atomic E-state index is 12.4. The monoisotopic (exact) mass is 225 g/mol. The van der Waals surface area contributed by atoms with Gasteiger partial charge in [0.15, 0.2) is 0 Å².